The van der Waals surface area contributed by atoms with Crippen molar-refractivity contribution in [1.82, 2.24) is 10.2 Å². The zero-order valence-corrected chi connectivity index (χ0v) is 68.9. The van der Waals surface area contributed by atoms with Gasteiger partial charge in [0.05, 0.1) is 13.7 Å². The van der Waals surface area contributed by atoms with Gasteiger partial charge in [-0.3, -0.25) is 14.4 Å². The molecule has 92 heavy (non-hydrogen) atoms. The average molecular weight is 1310 g/mol. The number of benzene rings is 3. The van der Waals surface area contributed by atoms with E-state index in [1.165, 1.54) is 65.5 Å². The van der Waals surface area contributed by atoms with E-state index < -0.39 is 0 Å². The molecule has 0 saturated heterocycles. The molecule has 0 aliphatic rings. The summed E-state index contributed by atoms with van der Waals surface area (Å²) < 4.78 is 9.33. The summed E-state index contributed by atoms with van der Waals surface area (Å²) in [6, 6.07) is 26.2. The molecule has 542 valence electrons. The maximum atomic E-state index is 11.1. The first kappa shape index (κ1) is 104. The number of hydrogen-bond donors (Lipinski definition) is 1. The Kier molecular flexibility index (Phi) is 59.3. The number of allylic oxidation sites excluding steroid dienone is 2. The van der Waals surface area contributed by atoms with Gasteiger partial charge in [0, 0.05) is 47.5 Å². The molecule has 0 spiro atoms. The van der Waals surface area contributed by atoms with Crippen LogP contribution in [0.4, 0.5) is 0 Å². The van der Waals surface area contributed by atoms with Gasteiger partial charge < -0.3 is 19.7 Å². The molecule has 0 bridgehead atoms. The fourth-order valence-electron chi connectivity index (χ4n) is 7.07. The SMILES string of the molecule is C.C/C=C/CC(C)(C)C.CCC(C)(C)C.CN(C)C(=O)CC(C)(C)C.CNC(=O)CC(C)(C)C.COC(=O)CC(C)C.COCC(C)(C)C.CSCC(C)(C)C.Cc1ccc(CC(C)(C)C)cc1.Cc1cccc(CC(C)(C)C)c1.Cc1ccccc1CC(C)(C)C. The molecule has 0 atom stereocenters. The monoisotopic (exact) mass is 1310 g/mol. The number of nitrogens with one attached hydrogen (secondary N) is 1. The summed E-state index contributed by atoms with van der Waals surface area (Å²) in [7, 11) is 8.37. The number of nitrogens with zero attached hydrogens (tertiary/aromatic N) is 1. The Morgan fingerprint density at radius 2 is 0.978 bits per heavy atom. The molecule has 0 unspecified atom stereocenters. The van der Waals surface area contributed by atoms with Gasteiger partial charge in [-0.2, -0.15) is 11.8 Å². The van der Waals surface area contributed by atoms with Crippen molar-refractivity contribution >= 4 is 29.5 Å². The van der Waals surface area contributed by atoms with Gasteiger partial charge in [0.1, 0.15) is 0 Å². The molecule has 0 saturated carbocycles. The van der Waals surface area contributed by atoms with Gasteiger partial charge in [-0.15, -0.1) is 0 Å². The Morgan fingerprint density at radius 3 is 1.21 bits per heavy atom. The molecule has 3 rings (SSSR count). The quantitative estimate of drug-likeness (QED) is 0.161. The normalized spacial score (nSPS) is 11.4. The fourth-order valence-corrected chi connectivity index (χ4v) is 7.93. The topological polar surface area (TPSA) is 84.9 Å². The zero-order valence-electron chi connectivity index (χ0n) is 68.1. The maximum Gasteiger partial charge on any atom is 0.305 e. The number of aryl methyl sites for hydroxylation is 3. The van der Waals surface area contributed by atoms with E-state index in [0.29, 0.717) is 63.1 Å². The first-order valence-corrected chi connectivity index (χ1v) is 35.2. The van der Waals surface area contributed by atoms with Crippen molar-refractivity contribution in [1.29, 1.82) is 0 Å². The van der Waals surface area contributed by atoms with Crippen molar-refractivity contribution in [3.63, 3.8) is 0 Å². The Morgan fingerprint density at radius 1 is 0.543 bits per heavy atom. The van der Waals surface area contributed by atoms with Crippen LogP contribution in [0.3, 0.4) is 0 Å². The molecule has 0 aliphatic heterocycles. The Hall–Kier alpha value is -3.88. The van der Waals surface area contributed by atoms with Crippen molar-refractivity contribution in [3.8, 4) is 0 Å². The van der Waals surface area contributed by atoms with E-state index in [0.717, 1.165) is 19.4 Å². The van der Waals surface area contributed by atoms with Crippen molar-refractivity contribution in [2.45, 2.75) is 294 Å². The molecule has 0 aromatic heterocycles. The highest BCUT2D eigenvalue weighted by molar-refractivity contribution is 7.98. The number of amides is 2. The summed E-state index contributed by atoms with van der Waals surface area (Å²) in [6.45, 7) is 75.0. The number of ether oxygens (including phenoxy) is 2. The van der Waals surface area contributed by atoms with Gasteiger partial charge in [0.15, 0.2) is 0 Å². The van der Waals surface area contributed by atoms with Crippen molar-refractivity contribution in [2.75, 3.05) is 54.0 Å². The van der Waals surface area contributed by atoms with Crippen molar-refractivity contribution in [2.24, 2.45) is 54.7 Å². The first-order chi connectivity index (χ1) is 40.6. The van der Waals surface area contributed by atoms with Crippen LogP contribution in [-0.4, -0.2) is 76.7 Å². The number of methoxy groups -OCH3 is 2. The van der Waals surface area contributed by atoms with Crippen LogP contribution in [0.5, 0.6) is 0 Å². The molecule has 0 radical (unpaired) electrons. The van der Waals surface area contributed by atoms with Gasteiger partial charge in [-0.25, -0.2) is 0 Å². The van der Waals surface area contributed by atoms with Gasteiger partial charge in [0.25, 0.3) is 0 Å². The third-order valence-electron chi connectivity index (χ3n) is 11.8. The van der Waals surface area contributed by atoms with E-state index in [1.54, 1.807) is 33.2 Å². The lowest BCUT2D eigenvalue weighted by Gasteiger charge is -2.19. The highest BCUT2D eigenvalue weighted by Crippen LogP contribution is 2.25. The minimum atomic E-state index is -0.125. The number of thioether (sulfide) groups is 1. The van der Waals surface area contributed by atoms with Gasteiger partial charge >= 0.3 is 5.97 Å². The van der Waals surface area contributed by atoms with Gasteiger partial charge in [0.2, 0.25) is 11.8 Å². The standard InChI is InChI=1S/3C12H18.C8H17NO.C8H16.C7H15NO.C6H12O2.C6H14O.C6H14S.C6H14.CH4/c1-10-5-7-11(8-6-10)9-12(2,3)4;1-10-6-5-7-11(8-10)9-12(2,3)4;1-10-7-5-6-8-11(10)9-12(2,3)4;1-8(2,3)6-7(10)9(4)5;1-5-6-7-8(2,3)4;1-7(2,3)5-6(9)8-4;1-5(2)4-6(7)8-3;2*1-6(2,3)5-7-4;1-5-6(2,3)4;/h3*5-8H,9H2,1-4H3;6H2,1-5H3;5-6H,7H2,1-4H3;5H2,1-4H3,(H,8,9);5H,4H2,1-3H3;2*5H2,1-4H3;5H2,1-4H3;1H4/b;;;;6-5+;;;;;;. The third kappa shape index (κ3) is 97.2. The highest BCUT2D eigenvalue weighted by atomic mass is 32.2. The molecule has 0 aliphatic carbocycles. The molecular formula is C84H160N2O5S. The smallest absolute Gasteiger partial charge is 0.305 e. The lowest BCUT2D eigenvalue weighted by Crippen LogP contribution is -2.26. The molecule has 3 aromatic rings. The molecule has 0 heterocycles. The van der Waals surface area contributed by atoms with Crippen molar-refractivity contribution < 1.29 is 23.9 Å². The molecule has 1 N–H and O–H groups in total. The lowest BCUT2D eigenvalue weighted by molar-refractivity contribution is -0.141. The van der Waals surface area contributed by atoms with E-state index in [2.05, 4.69) is 302 Å². The predicted octanol–water partition coefficient (Wildman–Crippen LogP) is 24.8. The molecule has 2 amide bonds. The maximum absolute atomic E-state index is 11.1. The van der Waals surface area contributed by atoms with E-state index in [4.69, 9.17) is 4.74 Å². The van der Waals surface area contributed by atoms with E-state index in [9.17, 15) is 14.4 Å². The Balaban J connectivity index is -0.000000143. The van der Waals surface area contributed by atoms with Crippen molar-refractivity contribution in [3.05, 3.63) is 118 Å². The first-order valence-electron chi connectivity index (χ1n) is 33.8. The summed E-state index contributed by atoms with van der Waals surface area (Å²) in [5.74, 6) is 1.85. The van der Waals surface area contributed by atoms with Crippen LogP contribution in [0, 0.1) is 75.4 Å². The van der Waals surface area contributed by atoms with Crippen LogP contribution >= 0.6 is 11.8 Å². The summed E-state index contributed by atoms with van der Waals surface area (Å²) in [6.07, 6.45) is 14.1. The Labute approximate surface area is 581 Å². The fraction of sp³-hybridized carbons (Fsp3) is 0.726. The molecule has 7 nitrogen and oxygen atoms in total. The summed E-state index contributed by atoms with van der Waals surface area (Å²) in [4.78, 5) is 33.8. The summed E-state index contributed by atoms with van der Waals surface area (Å²) in [5, 5.41) is 2.58. The average Bonchev–Trinajstić information content (AvgIpc) is 1.08. The number of hydrogen-bond acceptors (Lipinski definition) is 6. The van der Waals surface area contributed by atoms with E-state index >= 15 is 0 Å². The van der Waals surface area contributed by atoms with Crippen LogP contribution in [0.25, 0.3) is 0 Å². The number of carbonyl (C=O) groups excluding carboxylic acids is 3. The van der Waals surface area contributed by atoms with E-state index in [-0.39, 0.29) is 36.0 Å². The zero-order chi connectivity index (χ0) is 73.6. The number of esters is 1. The molecular weight excluding hydrogens is 1150 g/mol. The number of carbonyl (C=O) groups is 3. The molecule has 3 aromatic carbocycles. The summed E-state index contributed by atoms with van der Waals surface area (Å²) >= 11 is 1.91. The Bertz CT molecular complexity index is 2240. The molecule has 8 heteroatoms. The second-order valence-electron chi connectivity index (χ2n) is 36.0. The lowest BCUT2D eigenvalue weighted by atomic mass is 9.86. The molecule has 0 fully saturated rings. The highest BCUT2D eigenvalue weighted by Gasteiger charge is 2.18. The van der Waals surface area contributed by atoms with Crippen LogP contribution < -0.4 is 5.32 Å². The van der Waals surface area contributed by atoms with Crippen LogP contribution in [0.2, 0.25) is 0 Å². The van der Waals surface area contributed by atoms with Crippen LogP contribution in [0.15, 0.2) is 84.9 Å². The second-order valence-corrected chi connectivity index (χ2v) is 36.8. The van der Waals surface area contributed by atoms with E-state index in [1.807, 2.05) is 46.4 Å². The summed E-state index contributed by atoms with van der Waals surface area (Å²) in [5.41, 5.74) is 11.7. The minimum absolute atomic E-state index is 0. The second kappa shape index (κ2) is 52.3. The van der Waals surface area contributed by atoms with Crippen LogP contribution in [-0.2, 0) is 43.1 Å². The third-order valence-corrected chi connectivity index (χ3v) is 12.9. The van der Waals surface area contributed by atoms with Gasteiger partial charge in [-0.1, -0.05) is 318 Å². The number of rotatable bonds is 10. The minimum Gasteiger partial charge on any atom is -0.469 e. The predicted molar refractivity (Wildman–Crippen MR) is 420 cm³/mol. The van der Waals surface area contributed by atoms with Crippen LogP contribution in [0.1, 0.15) is 288 Å². The largest absolute Gasteiger partial charge is 0.469 e. The van der Waals surface area contributed by atoms with Gasteiger partial charge in [-0.05, 0) is 142 Å².